The number of fused-ring (bicyclic) bond motifs is 1. The van der Waals surface area contributed by atoms with Gasteiger partial charge in [-0.05, 0) is 29.0 Å². The summed E-state index contributed by atoms with van der Waals surface area (Å²) in [5.41, 5.74) is 2.08. The van der Waals surface area contributed by atoms with Crippen molar-refractivity contribution in [2.75, 3.05) is 0 Å². The normalized spacial score (nSPS) is 11.0. The molecule has 4 heterocycles. The zero-order valence-corrected chi connectivity index (χ0v) is 12.4. The second-order valence-corrected chi connectivity index (χ2v) is 6.30. The summed E-state index contributed by atoms with van der Waals surface area (Å²) in [4.78, 5) is 18.6. The quantitative estimate of drug-likeness (QED) is 0.541. The molecule has 4 nitrogen and oxygen atoms in total. The molecule has 0 fully saturated rings. The monoisotopic (exact) mass is 311 g/mol. The molecule has 0 aliphatic carbocycles. The average Bonchev–Trinajstić information content (AvgIpc) is 3.25. The molecule has 0 saturated heterocycles. The molecule has 4 rings (SSSR count). The second kappa shape index (κ2) is 4.91. The van der Waals surface area contributed by atoms with E-state index in [-0.39, 0.29) is 5.78 Å². The Morgan fingerprint density at radius 3 is 2.71 bits per heavy atom. The molecule has 0 unspecified atom stereocenters. The smallest absolute Gasteiger partial charge is 0.208 e. The minimum absolute atomic E-state index is 0.0316. The van der Waals surface area contributed by atoms with Crippen molar-refractivity contribution in [1.29, 1.82) is 0 Å². The van der Waals surface area contributed by atoms with Gasteiger partial charge in [-0.3, -0.25) is 4.79 Å². The third-order valence-corrected chi connectivity index (χ3v) is 4.93. The molecule has 0 spiro atoms. The molecule has 102 valence electrons. The van der Waals surface area contributed by atoms with Gasteiger partial charge < -0.3 is 0 Å². The Kier molecular flexibility index (Phi) is 2.90. The first-order valence-corrected chi connectivity index (χ1v) is 8.05. The summed E-state index contributed by atoms with van der Waals surface area (Å²) in [6, 6.07) is 9.62. The lowest BCUT2D eigenvalue weighted by atomic mass is 10.2. The van der Waals surface area contributed by atoms with E-state index in [1.807, 2.05) is 41.1 Å². The molecule has 0 radical (unpaired) electrons. The Balaban J connectivity index is 1.90. The molecule has 0 aliphatic heterocycles. The van der Waals surface area contributed by atoms with Crippen LogP contribution in [0.2, 0.25) is 0 Å². The second-order valence-electron chi connectivity index (χ2n) is 4.41. The Bertz CT molecular complexity index is 908. The van der Waals surface area contributed by atoms with Crippen molar-refractivity contribution in [1.82, 2.24) is 14.6 Å². The van der Waals surface area contributed by atoms with Gasteiger partial charge in [-0.1, -0.05) is 12.1 Å². The molecule has 0 N–H and O–H groups in total. The van der Waals surface area contributed by atoms with Crippen molar-refractivity contribution >= 4 is 34.1 Å². The van der Waals surface area contributed by atoms with Crippen LogP contribution in [0.25, 0.3) is 16.2 Å². The van der Waals surface area contributed by atoms with Crippen LogP contribution in [0.3, 0.4) is 0 Å². The summed E-state index contributed by atoms with van der Waals surface area (Å²) in [5, 5.41) is 8.26. The van der Waals surface area contributed by atoms with Crippen LogP contribution in [0.15, 0.2) is 53.5 Å². The van der Waals surface area contributed by atoms with E-state index in [0.717, 1.165) is 10.6 Å². The van der Waals surface area contributed by atoms with Crippen LogP contribution in [0, 0.1) is 0 Å². The first-order chi connectivity index (χ1) is 10.3. The van der Waals surface area contributed by atoms with Gasteiger partial charge in [0.15, 0.2) is 5.65 Å². The van der Waals surface area contributed by atoms with Gasteiger partial charge in [0.2, 0.25) is 5.78 Å². The van der Waals surface area contributed by atoms with Gasteiger partial charge in [-0.25, -0.2) is 9.50 Å². The number of carbonyl (C=O) groups excluding carboxylic acids is 1. The largest absolute Gasteiger partial charge is 0.287 e. The van der Waals surface area contributed by atoms with E-state index in [4.69, 9.17) is 0 Å². The summed E-state index contributed by atoms with van der Waals surface area (Å²) in [6.07, 6.45) is 3.32. The van der Waals surface area contributed by atoms with Gasteiger partial charge in [0.1, 0.15) is 0 Å². The molecule has 4 aromatic rings. The molecular weight excluding hydrogens is 302 g/mol. The molecule has 21 heavy (non-hydrogen) atoms. The lowest BCUT2D eigenvalue weighted by Crippen LogP contribution is -2.00. The standard InChI is InChI=1S/C15H9N3OS2/c19-14(13-4-2-8-21-13)10-9-17-18-11(5-6-16-15(10)18)12-3-1-7-20-12/h1-9H. The summed E-state index contributed by atoms with van der Waals surface area (Å²) in [5.74, 6) is -0.0316. The maximum absolute atomic E-state index is 12.5. The van der Waals surface area contributed by atoms with E-state index in [0.29, 0.717) is 16.1 Å². The zero-order valence-electron chi connectivity index (χ0n) is 10.8. The highest BCUT2D eigenvalue weighted by Crippen LogP contribution is 2.26. The molecule has 0 saturated carbocycles. The fourth-order valence-corrected chi connectivity index (χ4v) is 3.62. The van der Waals surface area contributed by atoms with E-state index < -0.39 is 0 Å². The SMILES string of the molecule is O=C(c1cccs1)c1cnn2c(-c3cccs3)ccnc12. The number of carbonyl (C=O) groups is 1. The van der Waals surface area contributed by atoms with Crippen molar-refractivity contribution < 1.29 is 4.79 Å². The highest BCUT2D eigenvalue weighted by atomic mass is 32.1. The fraction of sp³-hybridized carbons (Fsp3) is 0. The summed E-state index contributed by atoms with van der Waals surface area (Å²) >= 11 is 3.06. The minimum atomic E-state index is -0.0316. The van der Waals surface area contributed by atoms with Crippen LogP contribution in [0.4, 0.5) is 0 Å². The van der Waals surface area contributed by atoms with Crippen LogP contribution in [-0.2, 0) is 0 Å². The fourth-order valence-electron chi connectivity index (χ4n) is 2.20. The van der Waals surface area contributed by atoms with Crippen LogP contribution < -0.4 is 0 Å². The Morgan fingerprint density at radius 1 is 1.10 bits per heavy atom. The third-order valence-electron chi connectivity index (χ3n) is 3.16. The molecule has 6 heteroatoms. The van der Waals surface area contributed by atoms with E-state index in [1.54, 1.807) is 28.2 Å². The van der Waals surface area contributed by atoms with E-state index in [9.17, 15) is 4.79 Å². The van der Waals surface area contributed by atoms with Crippen LogP contribution >= 0.6 is 22.7 Å². The Morgan fingerprint density at radius 2 is 1.95 bits per heavy atom. The molecule has 0 aromatic carbocycles. The summed E-state index contributed by atoms with van der Waals surface area (Å²) in [7, 11) is 0. The van der Waals surface area contributed by atoms with Gasteiger partial charge in [0.25, 0.3) is 0 Å². The molecule has 0 amide bonds. The zero-order chi connectivity index (χ0) is 14.2. The van der Waals surface area contributed by atoms with Gasteiger partial charge in [-0.2, -0.15) is 5.10 Å². The Hall–Kier alpha value is -2.31. The summed E-state index contributed by atoms with van der Waals surface area (Å²) < 4.78 is 1.73. The number of hydrogen-bond acceptors (Lipinski definition) is 5. The number of nitrogens with zero attached hydrogens (tertiary/aromatic N) is 3. The maximum Gasteiger partial charge on any atom is 0.208 e. The molecule has 4 aromatic heterocycles. The van der Waals surface area contributed by atoms with Gasteiger partial charge in [0, 0.05) is 6.20 Å². The van der Waals surface area contributed by atoms with Crippen LogP contribution in [0.1, 0.15) is 15.2 Å². The van der Waals surface area contributed by atoms with Gasteiger partial charge >= 0.3 is 0 Å². The third kappa shape index (κ3) is 2.00. The molecule has 0 aliphatic rings. The summed E-state index contributed by atoms with van der Waals surface area (Å²) in [6.45, 7) is 0. The lowest BCUT2D eigenvalue weighted by molar-refractivity contribution is 0.104. The Labute approximate surface area is 128 Å². The van der Waals surface area contributed by atoms with Gasteiger partial charge in [0.05, 0.1) is 27.2 Å². The van der Waals surface area contributed by atoms with Crippen molar-refractivity contribution in [2.45, 2.75) is 0 Å². The van der Waals surface area contributed by atoms with Crippen molar-refractivity contribution in [3.05, 3.63) is 63.9 Å². The van der Waals surface area contributed by atoms with Gasteiger partial charge in [-0.15, -0.1) is 22.7 Å². The number of ketones is 1. The molecule has 0 bridgehead atoms. The molecule has 0 atom stereocenters. The highest BCUT2D eigenvalue weighted by molar-refractivity contribution is 7.13. The first-order valence-electron chi connectivity index (χ1n) is 6.29. The number of hydrogen-bond donors (Lipinski definition) is 0. The minimum Gasteiger partial charge on any atom is -0.287 e. The van der Waals surface area contributed by atoms with Crippen molar-refractivity contribution in [3.8, 4) is 10.6 Å². The topological polar surface area (TPSA) is 47.3 Å². The van der Waals surface area contributed by atoms with Crippen LogP contribution in [0.5, 0.6) is 0 Å². The van der Waals surface area contributed by atoms with E-state index >= 15 is 0 Å². The lowest BCUT2D eigenvalue weighted by Gasteiger charge is -2.01. The van der Waals surface area contributed by atoms with Crippen LogP contribution in [-0.4, -0.2) is 20.4 Å². The number of thiophene rings is 2. The predicted molar refractivity (Wildman–Crippen MR) is 84.1 cm³/mol. The number of aromatic nitrogens is 3. The molecular formula is C15H9N3OS2. The highest BCUT2D eigenvalue weighted by Gasteiger charge is 2.18. The van der Waals surface area contributed by atoms with Crippen molar-refractivity contribution in [2.24, 2.45) is 0 Å². The van der Waals surface area contributed by atoms with Crippen molar-refractivity contribution in [3.63, 3.8) is 0 Å². The predicted octanol–water partition coefficient (Wildman–Crippen LogP) is 3.75. The van der Waals surface area contributed by atoms with E-state index in [1.165, 1.54) is 11.3 Å². The first kappa shape index (κ1) is 12.4. The van der Waals surface area contributed by atoms with E-state index in [2.05, 4.69) is 10.1 Å². The maximum atomic E-state index is 12.5. The number of rotatable bonds is 3. The average molecular weight is 311 g/mol.